The van der Waals surface area contributed by atoms with Gasteiger partial charge in [0, 0.05) is 14.2 Å². The first-order valence-electron chi connectivity index (χ1n) is 11.9. The van der Waals surface area contributed by atoms with Crippen LogP contribution in [0.4, 0.5) is 0 Å². The zero-order valence-electron chi connectivity index (χ0n) is 20.6. The molecule has 1 aliphatic heterocycles. The van der Waals surface area contributed by atoms with Gasteiger partial charge in [-0.05, 0) is 16.7 Å². The molecule has 3 aromatic carbocycles. The van der Waals surface area contributed by atoms with Crippen molar-refractivity contribution in [2.75, 3.05) is 20.8 Å². The van der Waals surface area contributed by atoms with Crippen molar-refractivity contribution in [1.29, 1.82) is 0 Å². The zero-order chi connectivity index (χ0) is 25.2. The van der Waals surface area contributed by atoms with Gasteiger partial charge in [0.05, 0.1) is 26.4 Å². The summed E-state index contributed by atoms with van der Waals surface area (Å²) in [6.07, 6.45) is -1.81. The molecule has 7 nitrogen and oxygen atoms in total. The van der Waals surface area contributed by atoms with Gasteiger partial charge in [-0.15, -0.1) is 0 Å². The number of rotatable bonds is 13. The number of hydrogen-bond donors (Lipinski definition) is 0. The minimum Gasteiger partial charge on any atom is -0.374 e. The number of hydrogen-bond acceptors (Lipinski definition) is 7. The van der Waals surface area contributed by atoms with E-state index in [4.69, 9.17) is 28.0 Å². The van der Waals surface area contributed by atoms with Gasteiger partial charge >= 0.3 is 7.60 Å². The Bertz CT molecular complexity index is 1070. The molecule has 0 aromatic heterocycles. The van der Waals surface area contributed by atoms with Crippen molar-refractivity contribution in [2.24, 2.45) is 0 Å². The predicted octanol–water partition coefficient (Wildman–Crippen LogP) is 5.58. The molecule has 0 aliphatic carbocycles. The van der Waals surface area contributed by atoms with Crippen LogP contribution in [0.15, 0.2) is 91.0 Å². The van der Waals surface area contributed by atoms with Crippen molar-refractivity contribution in [3.63, 3.8) is 0 Å². The van der Waals surface area contributed by atoms with Crippen LogP contribution in [-0.4, -0.2) is 45.0 Å². The molecule has 1 heterocycles. The van der Waals surface area contributed by atoms with Gasteiger partial charge in [0.2, 0.25) is 0 Å². The number of benzene rings is 3. The molecule has 0 bridgehead atoms. The molecule has 1 saturated heterocycles. The molecule has 4 atom stereocenters. The summed E-state index contributed by atoms with van der Waals surface area (Å²) in [5.41, 5.74) is 3.03. The molecule has 0 spiro atoms. The third kappa shape index (κ3) is 6.90. The van der Waals surface area contributed by atoms with Crippen LogP contribution in [0.25, 0.3) is 0 Å². The van der Waals surface area contributed by atoms with Crippen molar-refractivity contribution >= 4 is 7.60 Å². The Morgan fingerprint density at radius 2 is 1.11 bits per heavy atom. The molecule has 0 radical (unpaired) electrons. The highest BCUT2D eigenvalue weighted by molar-refractivity contribution is 7.54. The van der Waals surface area contributed by atoms with E-state index in [0.717, 1.165) is 16.7 Å². The second-order valence-corrected chi connectivity index (χ2v) is 10.8. The SMILES string of the molecule is COP(=O)(OC)[C@H]1O[C@H](COCc2ccccc2)[C@@H](OCc2ccccc2)[C@H]1OCc1ccccc1. The van der Waals surface area contributed by atoms with Crippen molar-refractivity contribution in [3.05, 3.63) is 108 Å². The molecule has 1 aliphatic rings. The van der Waals surface area contributed by atoms with Gasteiger partial charge in [-0.3, -0.25) is 4.57 Å². The van der Waals surface area contributed by atoms with E-state index < -0.39 is 31.8 Å². The fourth-order valence-corrected chi connectivity index (χ4v) is 5.64. The van der Waals surface area contributed by atoms with E-state index in [9.17, 15) is 4.57 Å². The lowest BCUT2D eigenvalue weighted by Gasteiger charge is -2.27. The summed E-state index contributed by atoms with van der Waals surface area (Å²) in [6, 6.07) is 29.5. The van der Waals surface area contributed by atoms with Crippen molar-refractivity contribution in [1.82, 2.24) is 0 Å². The second kappa shape index (κ2) is 13.3. The quantitative estimate of drug-likeness (QED) is 0.277. The first-order valence-corrected chi connectivity index (χ1v) is 13.5. The molecule has 0 saturated carbocycles. The van der Waals surface area contributed by atoms with Crippen LogP contribution in [0.5, 0.6) is 0 Å². The molecule has 192 valence electrons. The van der Waals surface area contributed by atoms with Gasteiger partial charge in [0.15, 0.2) is 5.85 Å². The average molecular weight is 513 g/mol. The van der Waals surface area contributed by atoms with Crippen molar-refractivity contribution in [2.45, 2.75) is 44.0 Å². The van der Waals surface area contributed by atoms with Crippen LogP contribution in [0, 0.1) is 0 Å². The van der Waals surface area contributed by atoms with E-state index in [2.05, 4.69) is 0 Å². The van der Waals surface area contributed by atoms with Gasteiger partial charge in [-0.25, -0.2) is 0 Å². The van der Waals surface area contributed by atoms with Gasteiger partial charge in [0.25, 0.3) is 0 Å². The van der Waals surface area contributed by atoms with Crippen LogP contribution in [0.3, 0.4) is 0 Å². The molecule has 0 amide bonds. The molecule has 3 aromatic rings. The molecule has 36 heavy (non-hydrogen) atoms. The predicted molar refractivity (Wildman–Crippen MR) is 136 cm³/mol. The van der Waals surface area contributed by atoms with Gasteiger partial charge in [-0.2, -0.15) is 0 Å². The molecular weight excluding hydrogens is 479 g/mol. The lowest BCUT2D eigenvalue weighted by molar-refractivity contribution is -0.0896. The largest absolute Gasteiger partial charge is 0.374 e. The van der Waals surface area contributed by atoms with Crippen LogP contribution in [0.2, 0.25) is 0 Å². The summed E-state index contributed by atoms with van der Waals surface area (Å²) in [5.74, 6) is -0.970. The third-order valence-corrected chi connectivity index (χ3v) is 8.13. The zero-order valence-corrected chi connectivity index (χ0v) is 21.5. The lowest BCUT2D eigenvalue weighted by Crippen LogP contribution is -2.39. The summed E-state index contributed by atoms with van der Waals surface area (Å²) in [6.45, 7) is 1.27. The van der Waals surface area contributed by atoms with E-state index in [1.807, 2.05) is 91.0 Å². The Morgan fingerprint density at radius 3 is 1.58 bits per heavy atom. The second-order valence-electron chi connectivity index (χ2n) is 8.49. The molecule has 0 N–H and O–H groups in total. The highest BCUT2D eigenvalue weighted by atomic mass is 31.2. The fraction of sp³-hybridized carbons (Fsp3) is 0.357. The Labute approximate surface area is 212 Å². The average Bonchev–Trinajstić information content (AvgIpc) is 3.29. The topological polar surface area (TPSA) is 72.5 Å². The maximum Gasteiger partial charge on any atom is 0.361 e. The summed E-state index contributed by atoms with van der Waals surface area (Å²) < 4.78 is 49.0. The van der Waals surface area contributed by atoms with E-state index in [0.29, 0.717) is 19.8 Å². The standard InChI is InChI=1S/C28H33O7P/c1-30-36(29,31-2)28-27(34-20-24-16-10-5-11-17-24)26(33-19-23-14-8-4-9-15-23)25(35-28)21-32-18-22-12-6-3-7-13-22/h3-17,25-28H,18-21H2,1-2H3/t25-,26-,27-,28-/m1/s1. The fourth-order valence-electron chi connectivity index (χ4n) is 4.16. The molecule has 8 heteroatoms. The summed E-state index contributed by atoms with van der Waals surface area (Å²) in [5, 5.41) is 0. The van der Waals surface area contributed by atoms with Crippen molar-refractivity contribution in [3.8, 4) is 0 Å². The third-order valence-electron chi connectivity index (χ3n) is 6.07. The first kappa shape index (κ1) is 26.7. The molecule has 1 fully saturated rings. The molecule has 0 unspecified atom stereocenters. The maximum atomic E-state index is 13.5. The minimum absolute atomic E-state index is 0.226. The Hall–Kier alpha value is -2.35. The van der Waals surface area contributed by atoms with Gasteiger partial charge in [-0.1, -0.05) is 91.0 Å². The van der Waals surface area contributed by atoms with E-state index in [1.165, 1.54) is 14.2 Å². The van der Waals surface area contributed by atoms with Crippen LogP contribution in [0.1, 0.15) is 16.7 Å². The normalized spacial score (nSPS) is 22.1. The minimum atomic E-state index is -3.65. The smallest absolute Gasteiger partial charge is 0.361 e. The monoisotopic (exact) mass is 512 g/mol. The summed E-state index contributed by atoms with van der Waals surface area (Å²) in [4.78, 5) is 0. The van der Waals surface area contributed by atoms with Crippen LogP contribution in [-0.2, 0) is 52.4 Å². The summed E-state index contributed by atoms with van der Waals surface area (Å²) in [7, 11) is -0.953. The summed E-state index contributed by atoms with van der Waals surface area (Å²) >= 11 is 0. The van der Waals surface area contributed by atoms with Crippen LogP contribution < -0.4 is 0 Å². The maximum absolute atomic E-state index is 13.5. The highest BCUT2D eigenvalue weighted by Crippen LogP contribution is 2.57. The van der Waals surface area contributed by atoms with Gasteiger partial charge < -0.3 is 28.0 Å². The lowest BCUT2D eigenvalue weighted by atomic mass is 10.1. The Kier molecular flexibility index (Phi) is 9.84. The molecular formula is C28H33O7P. The number of ether oxygens (including phenoxy) is 4. The Morgan fingerprint density at radius 1 is 0.667 bits per heavy atom. The van der Waals surface area contributed by atoms with Gasteiger partial charge in [0.1, 0.15) is 18.3 Å². The Balaban J connectivity index is 1.54. The highest BCUT2D eigenvalue weighted by Gasteiger charge is 2.55. The first-order chi connectivity index (χ1) is 17.6. The van der Waals surface area contributed by atoms with E-state index in [-0.39, 0.29) is 6.61 Å². The van der Waals surface area contributed by atoms with Crippen molar-refractivity contribution < 1.29 is 32.6 Å². The van der Waals surface area contributed by atoms with E-state index in [1.54, 1.807) is 0 Å². The molecule has 4 rings (SSSR count). The van der Waals surface area contributed by atoms with E-state index >= 15 is 0 Å². The van der Waals surface area contributed by atoms with Crippen LogP contribution >= 0.6 is 7.60 Å².